The average molecular weight is 264 g/mol. The van der Waals surface area contributed by atoms with Gasteiger partial charge in [-0.1, -0.05) is 30.3 Å². The largest absolute Gasteiger partial charge is 0.377 e. The monoisotopic (exact) mass is 264 g/mol. The maximum Gasteiger partial charge on any atom is 0.231 e. The first-order valence-electron chi connectivity index (χ1n) is 6.67. The van der Waals surface area contributed by atoms with E-state index in [1.807, 2.05) is 44.2 Å². The van der Waals surface area contributed by atoms with Crippen molar-refractivity contribution in [1.82, 2.24) is 4.90 Å². The first kappa shape index (κ1) is 15.7. The Morgan fingerprint density at radius 1 is 1.32 bits per heavy atom. The molecule has 1 aromatic carbocycles. The minimum atomic E-state index is -0.273. The second-order valence-corrected chi connectivity index (χ2v) is 4.88. The fourth-order valence-corrected chi connectivity index (χ4v) is 1.87. The second-order valence-electron chi connectivity index (χ2n) is 4.88. The van der Waals surface area contributed by atoms with Crippen molar-refractivity contribution in [1.29, 1.82) is 0 Å². The molecular formula is C15H24N2O2. The average Bonchev–Trinajstić information content (AvgIpc) is 2.40. The highest BCUT2D eigenvalue weighted by Crippen LogP contribution is 2.16. The summed E-state index contributed by atoms with van der Waals surface area (Å²) in [7, 11) is 1.79. The predicted octanol–water partition coefficient (Wildman–Crippen LogP) is 1.61. The number of hydrogen-bond acceptors (Lipinski definition) is 3. The smallest absolute Gasteiger partial charge is 0.231 e. The molecule has 0 heterocycles. The first-order chi connectivity index (χ1) is 9.06. The van der Waals surface area contributed by atoms with E-state index < -0.39 is 0 Å². The van der Waals surface area contributed by atoms with Gasteiger partial charge in [-0.3, -0.25) is 4.79 Å². The quantitative estimate of drug-likeness (QED) is 0.814. The molecule has 0 aliphatic heterocycles. The number of hydrogen-bond donors (Lipinski definition) is 1. The Morgan fingerprint density at radius 2 is 1.95 bits per heavy atom. The van der Waals surface area contributed by atoms with Gasteiger partial charge in [0.25, 0.3) is 0 Å². The highest BCUT2D eigenvalue weighted by Gasteiger charge is 2.22. The molecule has 106 valence electrons. The lowest BCUT2D eigenvalue weighted by Gasteiger charge is -2.23. The number of carbonyl (C=O) groups excluding carboxylic acids is 1. The Morgan fingerprint density at radius 3 is 2.47 bits per heavy atom. The van der Waals surface area contributed by atoms with Crippen LogP contribution in [-0.2, 0) is 9.53 Å². The molecule has 0 saturated carbocycles. The minimum Gasteiger partial charge on any atom is -0.377 e. The van der Waals surface area contributed by atoms with Gasteiger partial charge in [0, 0.05) is 20.1 Å². The van der Waals surface area contributed by atoms with E-state index in [0.29, 0.717) is 19.7 Å². The molecule has 4 heteroatoms. The van der Waals surface area contributed by atoms with E-state index in [1.54, 1.807) is 11.9 Å². The molecule has 0 bridgehead atoms. The summed E-state index contributed by atoms with van der Waals surface area (Å²) in [5.41, 5.74) is 6.71. The second kappa shape index (κ2) is 7.92. The van der Waals surface area contributed by atoms with Gasteiger partial charge in [-0.2, -0.15) is 0 Å². The maximum absolute atomic E-state index is 12.3. The van der Waals surface area contributed by atoms with E-state index in [4.69, 9.17) is 10.5 Å². The fraction of sp³-hybridized carbons (Fsp3) is 0.533. The molecule has 1 amide bonds. The van der Waals surface area contributed by atoms with Gasteiger partial charge in [-0.05, 0) is 19.4 Å². The normalized spacial score (nSPS) is 12.5. The van der Waals surface area contributed by atoms with Crippen molar-refractivity contribution >= 4 is 5.91 Å². The van der Waals surface area contributed by atoms with E-state index in [1.165, 1.54) is 0 Å². The predicted molar refractivity (Wildman–Crippen MR) is 77.0 cm³/mol. The summed E-state index contributed by atoms with van der Waals surface area (Å²) in [6.45, 7) is 5.41. The Bertz CT molecular complexity index is 379. The minimum absolute atomic E-state index is 0.0426. The number of amides is 1. The van der Waals surface area contributed by atoms with Crippen LogP contribution in [0.5, 0.6) is 0 Å². The maximum atomic E-state index is 12.3. The van der Waals surface area contributed by atoms with Crippen LogP contribution in [0.2, 0.25) is 0 Å². The lowest BCUT2D eigenvalue weighted by Crippen LogP contribution is -2.37. The number of carbonyl (C=O) groups is 1. The van der Waals surface area contributed by atoms with Crippen LogP contribution >= 0.6 is 0 Å². The molecular weight excluding hydrogens is 240 g/mol. The van der Waals surface area contributed by atoms with E-state index in [2.05, 4.69) is 0 Å². The summed E-state index contributed by atoms with van der Waals surface area (Å²) in [6, 6.07) is 9.66. The molecule has 0 aliphatic rings. The zero-order valence-corrected chi connectivity index (χ0v) is 12.0. The third kappa shape index (κ3) is 5.01. The number of likely N-dealkylation sites (N-methyl/N-ethyl adjacent to an activating group) is 1. The standard InChI is InChI=1S/C15H24N2O2/c1-12(2)19-10-9-17(3)15(18)14(11-16)13-7-5-4-6-8-13/h4-8,12,14H,9-11,16H2,1-3H3. The van der Waals surface area contributed by atoms with Crippen LogP contribution in [0, 0.1) is 0 Å². The first-order valence-corrected chi connectivity index (χ1v) is 6.67. The van der Waals surface area contributed by atoms with E-state index >= 15 is 0 Å². The molecule has 0 saturated heterocycles. The van der Waals surface area contributed by atoms with Gasteiger partial charge >= 0.3 is 0 Å². The van der Waals surface area contributed by atoms with Crippen molar-refractivity contribution in [2.24, 2.45) is 5.73 Å². The van der Waals surface area contributed by atoms with Gasteiger partial charge in [0.05, 0.1) is 18.6 Å². The van der Waals surface area contributed by atoms with Crippen molar-refractivity contribution in [2.75, 3.05) is 26.7 Å². The van der Waals surface area contributed by atoms with Crippen LogP contribution in [0.1, 0.15) is 25.3 Å². The lowest BCUT2D eigenvalue weighted by atomic mass is 9.98. The topological polar surface area (TPSA) is 55.6 Å². The number of nitrogens with zero attached hydrogens (tertiary/aromatic N) is 1. The van der Waals surface area contributed by atoms with E-state index in [9.17, 15) is 4.79 Å². The number of rotatable bonds is 7. The molecule has 0 aromatic heterocycles. The van der Waals surface area contributed by atoms with Crippen LogP contribution in [-0.4, -0.2) is 43.7 Å². The molecule has 1 aromatic rings. The molecule has 0 fully saturated rings. The van der Waals surface area contributed by atoms with Crippen molar-refractivity contribution in [3.8, 4) is 0 Å². The van der Waals surface area contributed by atoms with Gasteiger partial charge in [0.2, 0.25) is 5.91 Å². The fourth-order valence-electron chi connectivity index (χ4n) is 1.87. The van der Waals surface area contributed by atoms with Crippen molar-refractivity contribution in [3.05, 3.63) is 35.9 Å². The Hall–Kier alpha value is -1.39. The third-order valence-electron chi connectivity index (χ3n) is 2.99. The third-order valence-corrected chi connectivity index (χ3v) is 2.99. The summed E-state index contributed by atoms with van der Waals surface area (Å²) in [5.74, 6) is -0.230. The Labute approximate surface area is 115 Å². The van der Waals surface area contributed by atoms with Gasteiger partial charge in [-0.25, -0.2) is 0 Å². The molecule has 1 rings (SSSR count). The summed E-state index contributed by atoms with van der Waals surface area (Å²) < 4.78 is 5.46. The van der Waals surface area contributed by atoms with Crippen LogP contribution in [0.15, 0.2) is 30.3 Å². The van der Waals surface area contributed by atoms with Crippen LogP contribution in [0.3, 0.4) is 0 Å². The molecule has 0 spiro atoms. The van der Waals surface area contributed by atoms with Gasteiger partial charge in [0.15, 0.2) is 0 Å². The van der Waals surface area contributed by atoms with Gasteiger partial charge in [0.1, 0.15) is 0 Å². The van der Waals surface area contributed by atoms with Gasteiger partial charge in [-0.15, -0.1) is 0 Å². The number of ether oxygens (including phenoxy) is 1. The van der Waals surface area contributed by atoms with Crippen molar-refractivity contribution in [2.45, 2.75) is 25.9 Å². The highest BCUT2D eigenvalue weighted by atomic mass is 16.5. The summed E-state index contributed by atoms with van der Waals surface area (Å²) in [5, 5.41) is 0. The molecule has 2 N–H and O–H groups in total. The summed E-state index contributed by atoms with van der Waals surface area (Å²) in [6.07, 6.45) is 0.183. The van der Waals surface area contributed by atoms with Gasteiger partial charge < -0.3 is 15.4 Å². The molecule has 1 unspecified atom stereocenters. The van der Waals surface area contributed by atoms with E-state index in [-0.39, 0.29) is 17.9 Å². The zero-order valence-electron chi connectivity index (χ0n) is 12.0. The van der Waals surface area contributed by atoms with E-state index in [0.717, 1.165) is 5.56 Å². The Balaban J connectivity index is 2.58. The van der Waals surface area contributed by atoms with Crippen molar-refractivity contribution in [3.63, 3.8) is 0 Å². The van der Waals surface area contributed by atoms with Crippen LogP contribution < -0.4 is 5.73 Å². The molecule has 0 aliphatic carbocycles. The SMILES string of the molecule is CC(C)OCCN(C)C(=O)C(CN)c1ccccc1. The molecule has 0 radical (unpaired) electrons. The lowest BCUT2D eigenvalue weighted by molar-refractivity contribution is -0.132. The number of benzene rings is 1. The molecule has 4 nitrogen and oxygen atoms in total. The van der Waals surface area contributed by atoms with Crippen molar-refractivity contribution < 1.29 is 9.53 Å². The van der Waals surface area contributed by atoms with Crippen LogP contribution in [0.25, 0.3) is 0 Å². The zero-order chi connectivity index (χ0) is 14.3. The highest BCUT2D eigenvalue weighted by molar-refractivity contribution is 5.83. The molecule has 19 heavy (non-hydrogen) atoms. The number of nitrogens with two attached hydrogens (primary N) is 1. The summed E-state index contributed by atoms with van der Waals surface area (Å²) >= 11 is 0. The summed E-state index contributed by atoms with van der Waals surface area (Å²) in [4.78, 5) is 14.0. The molecule has 1 atom stereocenters. The Kier molecular flexibility index (Phi) is 6.53. The van der Waals surface area contributed by atoms with Crippen LogP contribution in [0.4, 0.5) is 0 Å².